The highest BCUT2D eigenvalue weighted by atomic mass is 16.6. The van der Waals surface area contributed by atoms with Gasteiger partial charge in [0.25, 0.3) is 11.4 Å². The van der Waals surface area contributed by atoms with Crippen molar-refractivity contribution in [2.45, 2.75) is 51.1 Å². The van der Waals surface area contributed by atoms with Gasteiger partial charge < -0.3 is 25.2 Å². The molecule has 0 aliphatic heterocycles. The van der Waals surface area contributed by atoms with Crippen LogP contribution in [0.3, 0.4) is 0 Å². The summed E-state index contributed by atoms with van der Waals surface area (Å²) in [5.41, 5.74) is -6.92. The molecule has 0 amide bonds. The average molecular weight is 348 g/mol. The van der Waals surface area contributed by atoms with Crippen LogP contribution in [0.1, 0.15) is 27.7 Å². The van der Waals surface area contributed by atoms with Gasteiger partial charge in [-0.25, -0.2) is 0 Å². The van der Waals surface area contributed by atoms with Crippen molar-refractivity contribution >= 4 is 29.1 Å². The van der Waals surface area contributed by atoms with E-state index in [2.05, 4.69) is 4.74 Å². The quantitative estimate of drug-likeness (QED) is 0.192. The van der Waals surface area contributed by atoms with Crippen molar-refractivity contribution < 1.29 is 49.1 Å². The minimum atomic E-state index is -3.50. The Labute approximate surface area is 137 Å². The first-order chi connectivity index (χ1) is 10.8. The topological polar surface area (TPSA) is 175 Å². The number of carbonyl (C=O) groups is 5. The maximum absolute atomic E-state index is 12.3. The molecule has 0 spiro atoms. The van der Waals surface area contributed by atoms with E-state index < -0.39 is 59.1 Å². The molecule has 10 heteroatoms. The lowest BCUT2D eigenvalue weighted by atomic mass is 9.69. The Morgan fingerprint density at radius 3 is 1.67 bits per heavy atom. The van der Waals surface area contributed by atoms with Crippen LogP contribution in [0.5, 0.6) is 0 Å². The number of rotatable bonds is 9. The van der Waals surface area contributed by atoms with Gasteiger partial charge in [-0.2, -0.15) is 0 Å². The predicted molar refractivity (Wildman–Crippen MR) is 75.6 cm³/mol. The van der Waals surface area contributed by atoms with Crippen LogP contribution in [0.2, 0.25) is 0 Å². The first-order valence-corrected chi connectivity index (χ1v) is 6.77. The second kappa shape index (κ2) is 7.71. The van der Waals surface area contributed by atoms with Gasteiger partial charge in [-0.3, -0.25) is 24.0 Å². The van der Waals surface area contributed by atoms with E-state index in [0.717, 1.165) is 6.92 Å². The van der Waals surface area contributed by atoms with Gasteiger partial charge in [-0.05, 0) is 13.8 Å². The standard InChI is InChI=1S/C14H20O10/c1-6(16)11(21)14(8(3)18,24-9(4)19)13(23,7(2)17)12(22)10(20)5-15/h10,12,15,20,22-23H,5H2,1-4H3/t10?,12?,13?,14-/m0/s1. The van der Waals surface area contributed by atoms with Gasteiger partial charge in [-0.15, -0.1) is 0 Å². The minimum absolute atomic E-state index is 0.641. The fraction of sp³-hybridized carbons (Fsp3) is 0.643. The number of ketones is 4. The SMILES string of the molecule is CC(=O)O[C@@](C(C)=O)(C(=O)C(C)=O)C(O)(C(C)=O)C(O)C(O)CO. The summed E-state index contributed by atoms with van der Waals surface area (Å²) in [6, 6.07) is 0. The molecule has 0 fully saturated rings. The molecule has 136 valence electrons. The van der Waals surface area contributed by atoms with Crippen molar-refractivity contribution in [2.75, 3.05) is 6.61 Å². The van der Waals surface area contributed by atoms with Crippen molar-refractivity contribution in [1.82, 2.24) is 0 Å². The maximum atomic E-state index is 12.3. The van der Waals surface area contributed by atoms with Gasteiger partial charge in [0.05, 0.1) is 6.61 Å². The van der Waals surface area contributed by atoms with Crippen molar-refractivity contribution in [3.05, 3.63) is 0 Å². The van der Waals surface area contributed by atoms with Crippen LogP contribution in [-0.2, 0) is 28.7 Å². The lowest BCUT2D eigenvalue weighted by molar-refractivity contribution is -0.226. The van der Waals surface area contributed by atoms with Gasteiger partial charge in [0, 0.05) is 13.8 Å². The summed E-state index contributed by atoms with van der Waals surface area (Å²) in [5, 5.41) is 39.2. The molecular weight excluding hydrogens is 328 g/mol. The molecular formula is C14H20O10. The molecule has 0 aromatic heterocycles. The summed E-state index contributed by atoms with van der Waals surface area (Å²) in [5.74, 6) is -7.32. The molecule has 0 saturated carbocycles. The van der Waals surface area contributed by atoms with Gasteiger partial charge in [0.2, 0.25) is 5.60 Å². The zero-order valence-electron chi connectivity index (χ0n) is 13.6. The van der Waals surface area contributed by atoms with Crippen molar-refractivity contribution in [1.29, 1.82) is 0 Å². The first kappa shape index (κ1) is 22.0. The van der Waals surface area contributed by atoms with Crippen LogP contribution in [-0.4, -0.2) is 79.5 Å². The molecule has 0 aliphatic rings. The Morgan fingerprint density at radius 1 is 0.958 bits per heavy atom. The van der Waals surface area contributed by atoms with Crippen LogP contribution in [0.25, 0.3) is 0 Å². The van der Waals surface area contributed by atoms with Crippen molar-refractivity contribution in [3.8, 4) is 0 Å². The monoisotopic (exact) mass is 348 g/mol. The zero-order chi connectivity index (χ0) is 19.5. The third-order valence-electron chi connectivity index (χ3n) is 3.49. The number of esters is 1. The molecule has 10 nitrogen and oxygen atoms in total. The average Bonchev–Trinajstić information content (AvgIpc) is 2.48. The zero-order valence-corrected chi connectivity index (χ0v) is 13.6. The summed E-state index contributed by atoms with van der Waals surface area (Å²) in [6.07, 6.45) is -4.81. The predicted octanol–water partition coefficient (Wildman–Crippen LogP) is -2.93. The van der Waals surface area contributed by atoms with Gasteiger partial charge in [0.15, 0.2) is 17.3 Å². The summed E-state index contributed by atoms with van der Waals surface area (Å²) in [7, 11) is 0. The smallest absolute Gasteiger partial charge is 0.304 e. The fourth-order valence-electron chi connectivity index (χ4n) is 2.30. The summed E-state index contributed by atoms with van der Waals surface area (Å²) >= 11 is 0. The Bertz CT molecular complexity index is 568. The third kappa shape index (κ3) is 3.41. The van der Waals surface area contributed by atoms with Gasteiger partial charge in [-0.1, -0.05) is 0 Å². The molecule has 0 aromatic rings. The fourth-order valence-corrected chi connectivity index (χ4v) is 2.30. The van der Waals surface area contributed by atoms with E-state index in [0.29, 0.717) is 20.8 Å². The Morgan fingerprint density at radius 2 is 1.42 bits per heavy atom. The normalized spacial score (nSPS) is 18.5. The van der Waals surface area contributed by atoms with Crippen LogP contribution in [0, 0.1) is 0 Å². The molecule has 3 unspecified atom stereocenters. The lowest BCUT2D eigenvalue weighted by Crippen LogP contribution is -2.76. The van der Waals surface area contributed by atoms with E-state index in [1.807, 2.05) is 0 Å². The van der Waals surface area contributed by atoms with Crippen LogP contribution in [0.4, 0.5) is 0 Å². The lowest BCUT2D eigenvalue weighted by Gasteiger charge is -2.44. The minimum Gasteiger partial charge on any atom is -0.439 e. The van der Waals surface area contributed by atoms with E-state index in [4.69, 9.17) is 5.11 Å². The van der Waals surface area contributed by atoms with Crippen molar-refractivity contribution in [2.24, 2.45) is 0 Å². The maximum Gasteiger partial charge on any atom is 0.304 e. The Balaban J connectivity index is 6.88. The molecule has 4 atom stereocenters. The molecule has 0 saturated heterocycles. The molecule has 0 aliphatic carbocycles. The third-order valence-corrected chi connectivity index (χ3v) is 3.49. The van der Waals surface area contributed by atoms with E-state index in [9.17, 15) is 39.3 Å². The second-order valence-corrected chi connectivity index (χ2v) is 5.23. The first-order valence-electron chi connectivity index (χ1n) is 6.77. The van der Waals surface area contributed by atoms with Crippen LogP contribution >= 0.6 is 0 Å². The van der Waals surface area contributed by atoms with Crippen LogP contribution in [0.15, 0.2) is 0 Å². The molecule has 0 bridgehead atoms. The summed E-state index contributed by atoms with van der Waals surface area (Å²) in [4.78, 5) is 59.2. The number of ether oxygens (including phenoxy) is 1. The largest absolute Gasteiger partial charge is 0.439 e. The number of aliphatic hydroxyl groups is 4. The number of Topliss-reactive ketones (excluding diaryl/α,β-unsaturated/α-hetero) is 4. The second-order valence-electron chi connectivity index (χ2n) is 5.23. The summed E-state index contributed by atoms with van der Waals surface area (Å²) in [6.45, 7) is 1.55. The highest BCUT2D eigenvalue weighted by Gasteiger charge is 2.70. The molecule has 0 rings (SSSR count). The van der Waals surface area contributed by atoms with Crippen LogP contribution < -0.4 is 0 Å². The van der Waals surface area contributed by atoms with Crippen molar-refractivity contribution in [3.63, 3.8) is 0 Å². The van der Waals surface area contributed by atoms with E-state index in [1.165, 1.54) is 0 Å². The van der Waals surface area contributed by atoms with E-state index in [1.54, 1.807) is 0 Å². The Kier molecular flexibility index (Phi) is 7.06. The Hall–Kier alpha value is -2.01. The van der Waals surface area contributed by atoms with E-state index in [-0.39, 0.29) is 0 Å². The molecule has 0 heterocycles. The molecule has 4 N–H and O–H groups in total. The van der Waals surface area contributed by atoms with Gasteiger partial charge in [0.1, 0.15) is 12.2 Å². The highest BCUT2D eigenvalue weighted by molar-refractivity contribution is 6.45. The molecule has 24 heavy (non-hydrogen) atoms. The van der Waals surface area contributed by atoms with Gasteiger partial charge >= 0.3 is 5.97 Å². The number of carbonyl (C=O) groups excluding carboxylic acids is 5. The number of aliphatic hydroxyl groups excluding tert-OH is 3. The molecule has 0 aromatic carbocycles. The number of hydrogen-bond donors (Lipinski definition) is 4. The summed E-state index contributed by atoms with van der Waals surface area (Å²) < 4.78 is 4.58. The highest BCUT2D eigenvalue weighted by Crippen LogP contribution is 2.35. The number of hydrogen-bond acceptors (Lipinski definition) is 10. The molecule has 0 radical (unpaired) electrons. The van der Waals surface area contributed by atoms with E-state index >= 15 is 0 Å².